The van der Waals surface area contributed by atoms with E-state index < -0.39 is 15.9 Å². The van der Waals surface area contributed by atoms with E-state index in [1.54, 1.807) is 37.3 Å². The van der Waals surface area contributed by atoms with Gasteiger partial charge >= 0.3 is 0 Å². The van der Waals surface area contributed by atoms with Gasteiger partial charge in [-0.1, -0.05) is 23.7 Å². The van der Waals surface area contributed by atoms with Gasteiger partial charge in [0.2, 0.25) is 0 Å². The minimum atomic E-state index is -3.19. The number of nitrogens with one attached hydrogen (secondary N) is 2. The minimum absolute atomic E-state index is 0.0412. The van der Waals surface area contributed by atoms with Gasteiger partial charge in [-0.15, -0.1) is 11.3 Å². The molecule has 2 aromatic rings. The molecule has 2 atom stereocenters. The molecule has 7 nitrogen and oxygen atoms in total. The van der Waals surface area contributed by atoms with Crippen molar-refractivity contribution >= 4 is 49.6 Å². The van der Waals surface area contributed by atoms with E-state index in [4.69, 9.17) is 11.6 Å². The number of nitrogens with zero attached hydrogens (tertiary/aromatic N) is 1. The Morgan fingerprint density at radius 1 is 1.13 bits per heavy atom. The standard InChI is InChI=1S/C21H24ClN3O4S2/c1-13-10-18(24-20(26)14-6-2-3-7-15(14)22)30-19(13)21(27)23-16-11-31(28,29)12-17(16)25-8-4-5-9-25/h2-3,6-7,10,16-17H,4-5,8-9,11-12H2,1H3,(H,23,27)(H,24,26). The number of rotatable bonds is 5. The van der Waals surface area contributed by atoms with E-state index in [0.717, 1.165) is 42.8 Å². The third-order valence-electron chi connectivity index (χ3n) is 5.73. The fourth-order valence-corrected chi connectivity index (χ4v) is 7.37. The van der Waals surface area contributed by atoms with Crippen LogP contribution in [0.15, 0.2) is 30.3 Å². The molecule has 2 amide bonds. The van der Waals surface area contributed by atoms with Crippen LogP contribution < -0.4 is 10.6 Å². The predicted octanol–water partition coefficient (Wildman–Crippen LogP) is 2.95. The maximum atomic E-state index is 13.0. The average molecular weight is 482 g/mol. The van der Waals surface area contributed by atoms with Gasteiger partial charge in [0.1, 0.15) is 0 Å². The Bertz CT molecular complexity index is 1110. The number of carbonyl (C=O) groups is 2. The lowest BCUT2D eigenvalue weighted by Gasteiger charge is -2.28. The van der Waals surface area contributed by atoms with Crippen molar-refractivity contribution in [2.45, 2.75) is 31.8 Å². The monoisotopic (exact) mass is 481 g/mol. The largest absolute Gasteiger partial charge is 0.346 e. The molecule has 2 unspecified atom stereocenters. The van der Waals surface area contributed by atoms with Crippen molar-refractivity contribution in [1.29, 1.82) is 0 Å². The first kappa shape index (κ1) is 22.3. The van der Waals surface area contributed by atoms with Crippen LogP contribution in [0.3, 0.4) is 0 Å². The van der Waals surface area contributed by atoms with Gasteiger partial charge in [-0.05, 0) is 56.6 Å². The molecule has 0 spiro atoms. The Labute approximate surface area is 190 Å². The summed E-state index contributed by atoms with van der Waals surface area (Å²) < 4.78 is 24.5. The molecule has 3 heterocycles. The predicted molar refractivity (Wildman–Crippen MR) is 123 cm³/mol. The van der Waals surface area contributed by atoms with Gasteiger partial charge in [-0.3, -0.25) is 14.5 Å². The van der Waals surface area contributed by atoms with Crippen LogP contribution in [0, 0.1) is 6.92 Å². The third-order valence-corrected chi connectivity index (χ3v) is 8.93. The Balaban J connectivity index is 1.47. The molecule has 0 aliphatic carbocycles. The maximum absolute atomic E-state index is 13.0. The van der Waals surface area contributed by atoms with Gasteiger partial charge in [0, 0.05) is 6.04 Å². The lowest BCUT2D eigenvalue weighted by atomic mass is 10.1. The molecule has 2 aliphatic rings. The molecule has 2 fully saturated rings. The number of amides is 2. The van der Waals surface area contributed by atoms with Gasteiger partial charge in [0.15, 0.2) is 9.84 Å². The fraction of sp³-hybridized carbons (Fsp3) is 0.429. The van der Waals surface area contributed by atoms with E-state index in [-0.39, 0.29) is 29.4 Å². The third kappa shape index (κ3) is 4.95. The highest BCUT2D eigenvalue weighted by atomic mass is 35.5. The molecular formula is C21H24ClN3O4S2. The normalized spacial score (nSPS) is 23.0. The number of sulfone groups is 1. The Kier molecular flexibility index (Phi) is 6.39. The quantitative estimate of drug-likeness (QED) is 0.684. The molecule has 2 aliphatic heterocycles. The number of hydrogen-bond donors (Lipinski definition) is 2. The number of anilines is 1. The van der Waals surface area contributed by atoms with E-state index in [9.17, 15) is 18.0 Å². The SMILES string of the molecule is Cc1cc(NC(=O)c2ccccc2Cl)sc1C(=O)NC1CS(=O)(=O)CC1N1CCCC1. The molecule has 31 heavy (non-hydrogen) atoms. The molecule has 4 rings (SSSR count). The molecule has 0 radical (unpaired) electrons. The molecule has 10 heteroatoms. The average Bonchev–Trinajstić information content (AvgIpc) is 3.41. The number of likely N-dealkylation sites (tertiary alicyclic amines) is 1. The number of thiophene rings is 1. The van der Waals surface area contributed by atoms with E-state index in [1.807, 2.05) is 0 Å². The molecule has 1 aromatic carbocycles. The summed E-state index contributed by atoms with van der Waals surface area (Å²) in [6.07, 6.45) is 2.10. The van der Waals surface area contributed by atoms with Crippen LogP contribution in [0.1, 0.15) is 38.4 Å². The van der Waals surface area contributed by atoms with Gasteiger partial charge in [0.05, 0.1) is 38.0 Å². The van der Waals surface area contributed by atoms with Crippen LogP contribution >= 0.6 is 22.9 Å². The first-order valence-electron chi connectivity index (χ1n) is 10.2. The van der Waals surface area contributed by atoms with Crippen molar-refractivity contribution in [3.05, 3.63) is 51.4 Å². The highest BCUT2D eigenvalue weighted by Gasteiger charge is 2.42. The van der Waals surface area contributed by atoms with E-state index >= 15 is 0 Å². The maximum Gasteiger partial charge on any atom is 0.262 e. The molecule has 2 saturated heterocycles. The minimum Gasteiger partial charge on any atom is -0.346 e. The van der Waals surface area contributed by atoms with Crippen molar-refractivity contribution < 1.29 is 18.0 Å². The topological polar surface area (TPSA) is 95.6 Å². The van der Waals surface area contributed by atoms with E-state index in [1.165, 1.54) is 0 Å². The summed E-state index contributed by atoms with van der Waals surface area (Å²) in [6.45, 7) is 3.52. The summed E-state index contributed by atoms with van der Waals surface area (Å²) in [5.41, 5.74) is 1.07. The summed E-state index contributed by atoms with van der Waals surface area (Å²) in [5, 5.41) is 6.61. The van der Waals surface area contributed by atoms with Crippen LogP contribution in [0.4, 0.5) is 5.00 Å². The van der Waals surface area contributed by atoms with Crippen molar-refractivity contribution in [2.75, 3.05) is 29.9 Å². The van der Waals surface area contributed by atoms with E-state index in [2.05, 4.69) is 15.5 Å². The van der Waals surface area contributed by atoms with Crippen molar-refractivity contribution in [3.63, 3.8) is 0 Å². The van der Waals surface area contributed by atoms with Crippen molar-refractivity contribution in [2.24, 2.45) is 0 Å². The molecular weight excluding hydrogens is 458 g/mol. The highest BCUT2D eigenvalue weighted by Crippen LogP contribution is 2.29. The first-order valence-corrected chi connectivity index (χ1v) is 13.2. The highest BCUT2D eigenvalue weighted by molar-refractivity contribution is 7.91. The van der Waals surface area contributed by atoms with Crippen molar-refractivity contribution in [1.82, 2.24) is 10.2 Å². The van der Waals surface area contributed by atoms with Gasteiger partial charge < -0.3 is 10.6 Å². The van der Waals surface area contributed by atoms with Gasteiger partial charge in [-0.25, -0.2) is 8.42 Å². The number of hydrogen-bond acceptors (Lipinski definition) is 6. The zero-order chi connectivity index (χ0) is 22.2. The van der Waals surface area contributed by atoms with Crippen LogP contribution in [-0.2, 0) is 9.84 Å². The van der Waals surface area contributed by atoms with Crippen LogP contribution in [0.2, 0.25) is 5.02 Å². The van der Waals surface area contributed by atoms with E-state index in [0.29, 0.717) is 20.5 Å². The fourth-order valence-electron chi connectivity index (χ4n) is 4.23. The summed E-state index contributed by atoms with van der Waals surface area (Å²) in [5.74, 6) is -0.622. The number of halogens is 1. The second kappa shape index (κ2) is 8.90. The summed E-state index contributed by atoms with van der Waals surface area (Å²) in [4.78, 5) is 28.1. The molecule has 166 valence electrons. The summed E-state index contributed by atoms with van der Waals surface area (Å²) >= 11 is 7.25. The van der Waals surface area contributed by atoms with Crippen LogP contribution in [0.25, 0.3) is 0 Å². The lowest BCUT2D eigenvalue weighted by Crippen LogP contribution is -2.50. The number of carbonyl (C=O) groups excluding carboxylic acids is 2. The smallest absolute Gasteiger partial charge is 0.262 e. The second-order valence-electron chi connectivity index (χ2n) is 8.02. The molecule has 0 bridgehead atoms. The number of benzene rings is 1. The molecule has 0 saturated carbocycles. The number of aryl methyl sites for hydroxylation is 1. The van der Waals surface area contributed by atoms with Crippen LogP contribution in [-0.4, -0.2) is 61.8 Å². The zero-order valence-electron chi connectivity index (χ0n) is 17.1. The zero-order valence-corrected chi connectivity index (χ0v) is 19.4. The summed E-state index contributed by atoms with van der Waals surface area (Å²) in [7, 11) is -3.19. The first-order chi connectivity index (χ1) is 14.7. The Morgan fingerprint density at radius 3 is 2.55 bits per heavy atom. The Morgan fingerprint density at radius 2 is 1.84 bits per heavy atom. The molecule has 2 N–H and O–H groups in total. The van der Waals surface area contributed by atoms with Gasteiger partial charge in [-0.2, -0.15) is 0 Å². The second-order valence-corrected chi connectivity index (χ2v) is 11.6. The lowest BCUT2D eigenvalue weighted by molar-refractivity contribution is 0.0921. The Hall–Kier alpha value is -1.94. The van der Waals surface area contributed by atoms with Crippen LogP contribution in [0.5, 0.6) is 0 Å². The van der Waals surface area contributed by atoms with Crippen molar-refractivity contribution in [3.8, 4) is 0 Å². The van der Waals surface area contributed by atoms with Gasteiger partial charge in [0.25, 0.3) is 11.8 Å². The summed E-state index contributed by atoms with van der Waals surface area (Å²) in [6, 6.07) is 7.86. The molecule has 1 aromatic heterocycles.